The van der Waals surface area contributed by atoms with Gasteiger partial charge in [0.25, 0.3) is 0 Å². The highest BCUT2D eigenvalue weighted by molar-refractivity contribution is 5.91. The van der Waals surface area contributed by atoms with Gasteiger partial charge in [0, 0.05) is 19.6 Å². The second kappa shape index (κ2) is 4.64. The lowest BCUT2D eigenvalue weighted by Crippen LogP contribution is -2.59. The van der Waals surface area contributed by atoms with Crippen LogP contribution in [0.2, 0.25) is 0 Å². The van der Waals surface area contributed by atoms with Crippen LogP contribution in [0, 0.1) is 5.41 Å². The van der Waals surface area contributed by atoms with E-state index in [9.17, 15) is 9.59 Å². The van der Waals surface area contributed by atoms with Crippen molar-refractivity contribution in [3.8, 4) is 0 Å². The molecule has 0 saturated carbocycles. The van der Waals surface area contributed by atoms with Crippen molar-refractivity contribution >= 4 is 11.8 Å². The standard InChI is InChI=1S/C12H21N3O2/c1-3-9-10(16)14-6-7-15(9)11(17)12(2)4-5-13-8-12/h9,13H,3-8H2,1-2H3,(H,14,16). The number of carbonyl (C=O) groups is 2. The van der Waals surface area contributed by atoms with Crippen LogP contribution in [0.15, 0.2) is 0 Å². The van der Waals surface area contributed by atoms with E-state index in [1.807, 2.05) is 13.8 Å². The SMILES string of the molecule is CCC1C(=O)NCCN1C(=O)C1(C)CCNC1. The molecule has 0 radical (unpaired) electrons. The normalized spacial score (nSPS) is 33.6. The van der Waals surface area contributed by atoms with Crippen molar-refractivity contribution in [1.29, 1.82) is 0 Å². The molecule has 2 N–H and O–H groups in total. The van der Waals surface area contributed by atoms with Crippen LogP contribution >= 0.6 is 0 Å². The van der Waals surface area contributed by atoms with Crippen molar-refractivity contribution in [1.82, 2.24) is 15.5 Å². The zero-order chi connectivity index (χ0) is 12.5. The predicted octanol–water partition coefficient (Wildman–Crippen LogP) is -0.277. The molecule has 17 heavy (non-hydrogen) atoms. The molecule has 2 saturated heterocycles. The molecule has 2 rings (SSSR count). The number of hydrogen-bond donors (Lipinski definition) is 2. The van der Waals surface area contributed by atoms with Gasteiger partial charge in [-0.05, 0) is 26.3 Å². The first kappa shape index (κ1) is 12.4. The van der Waals surface area contributed by atoms with Crippen LogP contribution in [0.25, 0.3) is 0 Å². The van der Waals surface area contributed by atoms with Gasteiger partial charge in [-0.2, -0.15) is 0 Å². The summed E-state index contributed by atoms with van der Waals surface area (Å²) >= 11 is 0. The molecule has 0 aliphatic carbocycles. The molecule has 2 fully saturated rings. The molecule has 2 atom stereocenters. The quantitative estimate of drug-likeness (QED) is 0.697. The molecule has 5 heteroatoms. The number of nitrogens with one attached hydrogen (secondary N) is 2. The molecule has 0 aromatic heterocycles. The Balaban J connectivity index is 2.14. The largest absolute Gasteiger partial charge is 0.353 e. The van der Waals surface area contributed by atoms with E-state index < -0.39 is 0 Å². The lowest BCUT2D eigenvalue weighted by molar-refractivity contribution is -0.149. The monoisotopic (exact) mass is 239 g/mol. The Morgan fingerprint density at radius 1 is 1.53 bits per heavy atom. The highest BCUT2D eigenvalue weighted by Gasteiger charge is 2.43. The second-order valence-electron chi connectivity index (χ2n) is 5.20. The van der Waals surface area contributed by atoms with Crippen LogP contribution in [0.1, 0.15) is 26.7 Å². The molecule has 2 amide bonds. The Bertz CT molecular complexity index is 324. The van der Waals surface area contributed by atoms with Crippen molar-refractivity contribution in [3.63, 3.8) is 0 Å². The van der Waals surface area contributed by atoms with Gasteiger partial charge in [-0.25, -0.2) is 0 Å². The van der Waals surface area contributed by atoms with Crippen LogP contribution < -0.4 is 10.6 Å². The van der Waals surface area contributed by atoms with E-state index in [4.69, 9.17) is 0 Å². The lowest BCUT2D eigenvalue weighted by atomic mass is 9.87. The molecule has 0 aromatic rings. The Kier molecular flexibility index (Phi) is 3.38. The summed E-state index contributed by atoms with van der Waals surface area (Å²) in [5.74, 6) is 0.117. The fraction of sp³-hybridized carbons (Fsp3) is 0.833. The maximum absolute atomic E-state index is 12.5. The van der Waals surface area contributed by atoms with E-state index in [0.29, 0.717) is 19.5 Å². The summed E-state index contributed by atoms with van der Waals surface area (Å²) in [4.78, 5) is 26.1. The zero-order valence-electron chi connectivity index (χ0n) is 10.6. The van der Waals surface area contributed by atoms with Crippen molar-refractivity contribution in [2.45, 2.75) is 32.7 Å². The number of rotatable bonds is 2. The molecule has 2 aliphatic rings. The van der Waals surface area contributed by atoms with Gasteiger partial charge in [0.15, 0.2) is 0 Å². The van der Waals surface area contributed by atoms with Crippen LogP contribution in [0.4, 0.5) is 0 Å². The van der Waals surface area contributed by atoms with Gasteiger partial charge >= 0.3 is 0 Å². The maximum atomic E-state index is 12.5. The Hall–Kier alpha value is -1.10. The van der Waals surface area contributed by atoms with E-state index in [-0.39, 0.29) is 23.3 Å². The summed E-state index contributed by atoms with van der Waals surface area (Å²) in [6.45, 7) is 6.77. The molecule has 0 spiro atoms. The molecule has 2 aliphatic heterocycles. The van der Waals surface area contributed by atoms with Gasteiger partial charge in [0.1, 0.15) is 6.04 Å². The van der Waals surface area contributed by atoms with E-state index in [1.165, 1.54) is 0 Å². The van der Waals surface area contributed by atoms with Crippen molar-refractivity contribution in [2.75, 3.05) is 26.2 Å². The van der Waals surface area contributed by atoms with Crippen molar-refractivity contribution in [3.05, 3.63) is 0 Å². The Labute approximate surface area is 102 Å². The summed E-state index contributed by atoms with van der Waals surface area (Å²) in [6.07, 6.45) is 1.54. The predicted molar refractivity (Wildman–Crippen MR) is 64.4 cm³/mol. The molecule has 2 unspecified atom stereocenters. The second-order valence-corrected chi connectivity index (χ2v) is 5.20. The van der Waals surface area contributed by atoms with E-state index >= 15 is 0 Å². The van der Waals surface area contributed by atoms with E-state index in [1.54, 1.807) is 4.90 Å². The average molecular weight is 239 g/mol. The van der Waals surface area contributed by atoms with Gasteiger partial charge in [-0.3, -0.25) is 9.59 Å². The van der Waals surface area contributed by atoms with Gasteiger partial charge in [-0.1, -0.05) is 6.92 Å². The van der Waals surface area contributed by atoms with Gasteiger partial charge in [0.2, 0.25) is 11.8 Å². The average Bonchev–Trinajstić information content (AvgIpc) is 2.76. The highest BCUT2D eigenvalue weighted by Crippen LogP contribution is 2.29. The Morgan fingerprint density at radius 2 is 2.29 bits per heavy atom. The van der Waals surface area contributed by atoms with E-state index in [0.717, 1.165) is 19.5 Å². The van der Waals surface area contributed by atoms with Crippen LogP contribution in [0.5, 0.6) is 0 Å². The van der Waals surface area contributed by atoms with Crippen LogP contribution in [-0.2, 0) is 9.59 Å². The third-order valence-corrected chi connectivity index (χ3v) is 3.86. The Morgan fingerprint density at radius 3 is 2.88 bits per heavy atom. The molecular weight excluding hydrogens is 218 g/mol. The molecule has 96 valence electrons. The van der Waals surface area contributed by atoms with E-state index in [2.05, 4.69) is 10.6 Å². The molecule has 5 nitrogen and oxygen atoms in total. The minimum Gasteiger partial charge on any atom is -0.353 e. The first-order chi connectivity index (χ1) is 8.08. The smallest absolute Gasteiger partial charge is 0.242 e. The third kappa shape index (κ3) is 2.16. The van der Waals surface area contributed by atoms with Crippen molar-refractivity contribution in [2.24, 2.45) is 5.41 Å². The topological polar surface area (TPSA) is 61.4 Å². The zero-order valence-corrected chi connectivity index (χ0v) is 10.6. The van der Waals surface area contributed by atoms with Crippen LogP contribution in [-0.4, -0.2) is 48.9 Å². The summed E-state index contributed by atoms with van der Waals surface area (Å²) in [7, 11) is 0. The first-order valence-electron chi connectivity index (χ1n) is 6.38. The molecule has 0 aromatic carbocycles. The van der Waals surface area contributed by atoms with Gasteiger partial charge < -0.3 is 15.5 Å². The highest BCUT2D eigenvalue weighted by atomic mass is 16.2. The number of hydrogen-bond acceptors (Lipinski definition) is 3. The number of piperazine rings is 1. The number of nitrogens with zero attached hydrogens (tertiary/aromatic N) is 1. The minimum atomic E-state index is -0.328. The summed E-state index contributed by atoms with van der Waals surface area (Å²) in [5, 5.41) is 6.05. The lowest BCUT2D eigenvalue weighted by Gasteiger charge is -2.39. The van der Waals surface area contributed by atoms with Gasteiger partial charge in [-0.15, -0.1) is 0 Å². The fourth-order valence-electron chi connectivity index (χ4n) is 2.71. The first-order valence-corrected chi connectivity index (χ1v) is 6.38. The number of carbonyl (C=O) groups excluding carboxylic acids is 2. The van der Waals surface area contributed by atoms with Gasteiger partial charge in [0.05, 0.1) is 5.41 Å². The van der Waals surface area contributed by atoms with Crippen molar-refractivity contribution < 1.29 is 9.59 Å². The molecule has 0 bridgehead atoms. The van der Waals surface area contributed by atoms with Crippen LogP contribution in [0.3, 0.4) is 0 Å². The molecule has 2 heterocycles. The number of amides is 2. The maximum Gasteiger partial charge on any atom is 0.242 e. The minimum absolute atomic E-state index is 0.0124. The molecular formula is C12H21N3O2. The summed E-state index contributed by atoms with van der Waals surface area (Å²) in [6, 6.07) is -0.284. The fourth-order valence-corrected chi connectivity index (χ4v) is 2.71. The third-order valence-electron chi connectivity index (χ3n) is 3.86. The summed E-state index contributed by atoms with van der Waals surface area (Å²) in [5.41, 5.74) is -0.328. The summed E-state index contributed by atoms with van der Waals surface area (Å²) < 4.78 is 0.